The van der Waals surface area contributed by atoms with Crippen molar-refractivity contribution in [2.45, 2.75) is 32.4 Å². The third kappa shape index (κ3) is 2.26. The van der Waals surface area contributed by atoms with Crippen molar-refractivity contribution >= 4 is 5.91 Å². The van der Waals surface area contributed by atoms with Gasteiger partial charge in [-0.2, -0.15) is 5.10 Å². The van der Waals surface area contributed by atoms with Gasteiger partial charge in [0.1, 0.15) is 0 Å². The molecule has 0 radical (unpaired) electrons. The molecule has 24 heavy (non-hydrogen) atoms. The predicted octanol–water partition coefficient (Wildman–Crippen LogP) is 2.14. The molecule has 5 nitrogen and oxygen atoms in total. The van der Waals surface area contributed by atoms with Gasteiger partial charge in [-0.15, -0.1) is 0 Å². The van der Waals surface area contributed by atoms with Gasteiger partial charge in [0.25, 0.3) is 5.91 Å². The maximum Gasteiger partial charge on any atom is 0.257 e. The summed E-state index contributed by atoms with van der Waals surface area (Å²) in [5.74, 6) is 0.135. The van der Waals surface area contributed by atoms with Gasteiger partial charge in [0.2, 0.25) is 0 Å². The van der Waals surface area contributed by atoms with E-state index >= 15 is 0 Å². The molecule has 2 aliphatic rings. The average Bonchev–Trinajstić information content (AvgIpc) is 2.76. The fraction of sp³-hybridized carbons (Fsp3) is 0.474. The highest BCUT2D eigenvalue weighted by atomic mass is 16.2. The molecule has 0 N–H and O–H groups in total. The Balaban J connectivity index is 1.43. The van der Waals surface area contributed by atoms with Crippen LogP contribution < -0.4 is 0 Å². The van der Waals surface area contributed by atoms with Gasteiger partial charge < -0.3 is 4.90 Å². The van der Waals surface area contributed by atoms with Crippen molar-refractivity contribution in [2.75, 3.05) is 19.6 Å². The summed E-state index contributed by atoms with van der Waals surface area (Å²) in [4.78, 5) is 17.3. The molecule has 1 spiro atoms. The van der Waals surface area contributed by atoms with E-state index in [4.69, 9.17) is 0 Å². The third-order valence-electron chi connectivity index (χ3n) is 5.71. The number of carbonyl (C=O) groups excluding carboxylic acids is 1. The van der Waals surface area contributed by atoms with Crippen molar-refractivity contribution in [3.8, 4) is 0 Å². The third-order valence-corrected chi connectivity index (χ3v) is 5.71. The summed E-state index contributed by atoms with van der Waals surface area (Å²) in [6.07, 6.45) is 1.19. The molecule has 1 aromatic carbocycles. The van der Waals surface area contributed by atoms with Gasteiger partial charge in [0, 0.05) is 38.9 Å². The lowest BCUT2D eigenvalue weighted by Crippen LogP contribution is -2.77. The van der Waals surface area contributed by atoms with Crippen LogP contribution in [0.3, 0.4) is 0 Å². The van der Waals surface area contributed by atoms with Gasteiger partial charge in [-0.05, 0) is 25.8 Å². The number of likely N-dealkylation sites (tertiary alicyclic amines) is 2. The van der Waals surface area contributed by atoms with E-state index in [1.807, 2.05) is 25.8 Å². The van der Waals surface area contributed by atoms with Gasteiger partial charge in [-0.1, -0.05) is 30.3 Å². The van der Waals surface area contributed by atoms with Crippen LogP contribution in [0, 0.1) is 13.8 Å². The summed E-state index contributed by atoms with van der Waals surface area (Å²) in [7, 11) is 1.89. The molecule has 2 aliphatic heterocycles. The second-order valence-electron chi connectivity index (χ2n) is 7.21. The van der Waals surface area contributed by atoms with Gasteiger partial charge >= 0.3 is 0 Å². The molecule has 1 aromatic heterocycles. The summed E-state index contributed by atoms with van der Waals surface area (Å²) in [6.45, 7) is 7.67. The summed E-state index contributed by atoms with van der Waals surface area (Å²) >= 11 is 0. The molecular weight excluding hydrogens is 300 g/mol. The first-order valence-corrected chi connectivity index (χ1v) is 8.59. The lowest BCUT2D eigenvalue weighted by molar-refractivity contribution is -0.112. The molecule has 4 rings (SSSR count). The standard InChI is InChI=1S/C19H24N4O/c1-14-17(15(2)21(3)20-14)18(24)22-12-19(13-22)9-10-23(19)11-16-7-5-4-6-8-16/h4-8H,9-13H2,1-3H3. The summed E-state index contributed by atoms with van der Waals surface area (Å²) in [5, 5.41) is 4.37. The summed E-state index contributed by atoms with van der Waals surface area (Å²) in [6, 6.07) is 10.6. The number of hydrogen-bond donors (Lipinski definition) is 0. The maximum absolute atomic E-state index is 12.8. The van der Waals surface area contributed by atoms with E-state index in [1.54, 1.807) is 4.68 Å². The quantitative estimate of drug-likeness (QED) is 0.868. The minimum atomic E-state index is 0.135. The molecule has 1 amide bonds. The number of rotatable bonds is 3. The number of benzene rings is 1. The number of hydrogen-bond acceptors (Lipinski definition) is 3. The van der Waals surface area contributed by atoms with Crippen LogP contribution in [-0.2, 0) is 13.6 Å². The fourth-order valence-corrected chi connectivity index (χ4v) is 4.04. The first-order chi connectivity index (χ1) is 11.5. The Labute approximate surface area is 142 Å². The molecule has 0 bridgehead atoms. The number of carbonyl (C=O) groups is 1. The zero-order chi connectivity index (χ0) is 16.9. The molecule has 2 fully saturated rings. The molecule has 2 aromatic rings. The van der Waals surface area contributed by atoms with E-state index in [1.165, 1.54) is 12.0 Å². The van der Waals surface area contributed by atoms with Crippen molar-refractivity contribution in [3.05, 3.63) is 52.8 Å². The Bertz CT molecular complexity index is 774. The van der Waals surface area contributed by atoms with Crippen LogP contribution in [0.25, 0.3) is 0 Å². The molecule has 0 saturated carbocycles. The average molecular weight is 324 g/mol. The fourth-order valence-electron chi connectivity index (χ4n) is 4.04. The number of aromatic nitrogens is 2. The highest BCUT2D eigenvalue weighted by Crippen LogP contribution is 2.41. The van der Waals surface area contributed by atoms with Crippen molar-refractivity contribution in [2.24, 2.45) is 7.05 Å². The molecule has 3 heterocycles. The van der Waals surface area contributed by atoms with Crippen LogP contribution in [0.15, 0.2) is 30.3 Å². The van der Waals surface area contributed by atoms with Crippen LogP contribution >= 0.6 is 0 Å². The molecule has 0 atom stereocenters. The normalized spacial score (nSPS) is 19.2. The van der Waals surface area contributed by atoms with Gasteiger partial charge in [-0.25, -0.2) is 0 Å². The zero-order valence-electron chi connectivity index (χ0n) is 14.6. The van der Waals surface area contributed by atoms with Crippen LogP contribution in [0.2, 0.25) is 0 Å². The second-order valence-corrected chi connectivity index (χ2v) is 7.21. The topological polar surface area (TPSA) is 41.4 Å². The smallest absolute Gasteiger partial charge is 0.257 e. The molecule has 0 aliphatic carbocycles. The molecular formula is C19H24N4O. The SMILES string of the molecule is Cc1nn(C)c(C)c1C(=O)N1CC2(CCN2Cc2ccccc2)C1. The Kier molecular flexibility index (Phi) is 3.49. The van der Waals surface area contributed by atoms with Crippen LogP contribution in [0.5, 0.6) is 0 Å². The van der Waals surface area contributed by atoms with Crippen molar-refractivity contribution < 1.29 is 4.79 Å². The molecule has 0 unspecified atom stereocenters. The van der Waals surface area contributed by atoms with E-state index in [-0.39, 0.29) is 11.4 Å². The highest BCUT2D eigenvalue weighted by Gasteiger charge is 2.54. The van der Waals surface area contributed by atoms with Gasteiger partial charge in [0.15, 0.2) is 0 Å². The van der Waals surface area contributed by atoms with Gasteiger partial charge in [0.05, 0.1) is 16.8 Å². The van der Waals surface area contributed by atoms with E-state index in [0.29, 0.717) is 0 Å². The largest absolute Gasteiger partial charge is 0.335 e. The highest BCUT2D eigenvalue weighted by molar-refractivity contribution is 5.97. The van der Waals surface area contributed by atoms with Crippen LogP contribution in [-0.4, -0.2) is 50.7 Å². The predicted molar refractivity (Wildman–Crippen MR) is 92.8 cm³/mol. The van der Waals surface area contributed by atoms with Crippen LogP contribution in [0.4, 0.5) is 0 Å². The minimum Gasteiger partial charge on any atom is -0.335 e. The monoisotopic (exact) mass is 324 g/mol. The maximum atomic E-state index is 12.8. The van der Waals surface area contributed by atoms with E-state index < -0.39 is 0 Å². The minimum absolute atomic E-state index is 0.135. The number of nitrogens with zero attached hydrogens (tertiary/aromatic N) is 4. The Morgan fingerprint density at radius 1 is 1.21 bits per heavy atom. The summed E-state index contributed by atoms with van der Waals surface area (Å²) < 4.78 is 1.79. The van der Waals surface area contributed by atoms with Crippen molar-refractivity contribution in [1.29, 1.82) is 0 Å². The van der Waals surface area contributed by atoms with E-state index in [0.717, 1.165) is 43.1 Å². The van der Waals surface area contributed by atoms with Crippen molar-refractivity contribution in [3.63, 3.8) is 0 Å². The number of aryl methyl sites for hydroxylation is 2. The first-order valence-electron chi connectivity index (χ1n) is 8.59. The Morgan fingerprint density at radius 2 is 1.92 bits per heavy atom. The zero-order valence-corrected chi connectivity index (χ0v) is 14.6. The van der Waals surface area contributed by atoms with Crippen molar-refractivity contribution in [1.82, 2.24) is 19.6 Å². The van der Waals surface area contributed by atoms with Gasteiger partial charge in [-0.3, -0.25) is 14.4 Å². The Morgan fingerprint density at radius 3 is 2.46 bits per heavy atom. The lowest BCUT2D eigenvalue weighted by Gasteiger charge is -2.62. The van der Waals surface area contributed by atoms with E-state index in [2.05, 4.69) is 40.3 Å². The van der Waals surface area contributed by atoms with Crippen LogP contribution in [0.1, 0.15) is 33.7 Å². The first kappa shape index (κ1) is 15.4. The Hall–Kier alpha value is -2.14. The van der Waals surface area contributed by atoms with E-state index in [9.17, 15) is 4.79 Å². The summed E-state index contributed by atoms with van der Waals surface area (Å²) in [5.41, 5.74) is 4.11. The molecule has 5 heteroatoms. The second kappa shape index (κ2) is 5.45. The lowest BCUT2D eigenvalue weighted by atomic mass is 9.76. The number of amides is 1. The molecule has 126 valence electrons. The molecule has 2 saturated heterocycles.